The van der Waals surface area contributed by atoms with E-state index in [2.05, 4.69) is 20.8 Å². The molecule has 2 rings (SSSR count). The lowest BCUT2D eigenvalue weighted by Gasteiger charge is -2.07. The van der Waals surface area contributed by atoms with Gasteiger partial charge in [0.15, 0.2) is 0 Å². The van der Waals surface area contributed by atoms with E-state index in [1.807, 2.05) is 13.8 Å². The number of aromatic nitrogens is 2. The molecule has 1 amide bonds. The van der Waals surface area contributed by atoms with Gasteiger partial charge < -0.3 is 10.6 Å². The normalized spacial score (nSPS) is 10.7. The first-order valence-corrected chi connectivity index (χ1v) is 7.94. The molecule has 0 aliphatic carbocycles. The van der Waals surface area contributed by atoms with Gasteiger partial charge in [-0.1, -0.05) is 37.3 Å². The molecular formula is C15H19FN4OS. The maximum atomic E-state index is 12.8. The Morgan fingerprint density at radius 2 is 1.95 bits per heavy atom. The number of benzene rings is 1. The standard InChI is InChI=1S/C15H19FN4OS/c1-10(2)14(21)17-7-8-18-15-20-19-13(22-15)9-11-3-5-12(16)6-4-11/h3-6,10H,7-9H2,1-2H3,(H,17,21)(H,18,20). The van der Waals surface area contributed by atoms with Gasteiger partial charge in [0.2, 0.25) is 11.0 Å². The van der Waals surface area contributed by atoms with Crippen LogP contribution in [0.2, 0.25) is 0 Å². The van der Waals surface area contributed by atoms with Crippen LogP contribution in [0.25, 0.3) is 0 Å². The number of carbonyl (C=O) groups excluding carboxylic acids is 1. The zero-order valence-corrected chi connectivity index (χ0v) is 13.4. The number of nitrogens with zero attached hydrogens (tertiary/aromatic N) is 2. The van der Waals surface area contributed by atoms with Crippen LogP contribution in [0.3, 0.4) is 0 Å². The molecule has 0 spiro atoms. The molecule has 22 heavy (non-hydrogen) atoms. The molecule has 2 aromatic rings. The highest BCUT2D eigenvalue weighted by molar-refractivity contribution is 7.15. The number of hydrogen-bond donors (Lipinski definition) is 2. The quantitative estimate of drug-likeness (QED) is 0.769. The Hall–Kier alpha value is -2.02. The minimum absolute atomic E-state index is 0.0103. The average Bonchev–Trinajstić information content (AvgIpc) is 2.93. The minimum Gasteiger partial charge on any atom is -0.358 e. The number of hydrogen-bond acceptors (Lipinski definition) is 5. The first-order valence-electron chi connectivity index (χ1n) is 7.13. The molecule has 0 fully saturated rings. The molecule has 118 valence electrons. The van der Waals surface area contributed by atoms with Crippen LogP contribution in [-0.2, 0) is 11.2 Å². The molecule has 1 aromatic heterocycles. The fourth-order valence-corrected chi connectivity index (χ4v) is 2.53. The van der Waals surface area contributed by atoms with Crippen molar-refractivity contribution in [2.24, 2.45) is 5.92 Å². The number of amides is 1. The van der Waals surface area contributed by atoms with Crippen molar-refractivity contribution in [1.82, 2.24) is 15.5 Å². The Morgan fingerprint density at radius 1 is 1.23 bits per heavy atom. The summed E-state index contributed by atoms with van der Waals surface area (Å²) in [7, 11) is 0. The van der Waals surface area contributed by atoms with E-state index in [1.54, 1.807) is 12.1 Å². The van der Waals surface area contributed by atoms with Crippen LogP contribution >= 0.6 is 11.3 Å². The van der Waals surface area contributed by atoms with E-state index >= 15 is 0 Å². The van der Waals surface area contributed by atoms with E-state index in [9.17, 15) is 9.18 Å². The van der Waals surface area contributed by atoms with Crippen LogP contribution in [-0.4, -0.2) is 29.2 Å². The van der Waals surface area contributed by atoms with Crippen molar-refractivity contribution in [2.45, 2.75) is 20.3 Å². The Balaban J connectivity index is 1.77. The van der Waals surface area contributed by atoms with Gasteiger partial charge in [-0.05, 0) is 17.7 Å². The maximum Gasteiger partial charge on any atom is 0.222 e. The summed E-state index contributed by atoms with van der Waals surface area (Å²) in [5.41, 5.74) is 0.994. The lowest BCUT2D eigenvalue weighted by atomic mass is 10.2. The molecule has 5 nitrogen and oxygen atoms in total. The Kier molecular flexibility index (Phi) is 5.83. The lowest BCUT2D eigenvalue weighted by Crippen LogP contribution is -2.31. The Bertz CT molecular complexity index is 612. The third kappa shape index (κ3) is 5.07. The Labute approximate surface area is 133 Å². The van der Waals surface area contributed by atoms with Gasteiger partial charge in [0.05, 0.1) is 0 Å². The first kappa shape index (κ1) is 16.4. The SMILES string of the molecule is CC(C)C(=O)NCCNc1nnc(Cc2ccc(F)cc2)s1. The summed E-state index contributed by atoms with van der Waals surface area (Å²) in [6.45, 7) is 4.86. The molecule has 0 saturated carbocycles. The second-order valence-corrected chi connectivity index (χ2v) is 6.24. The van der Waals surface area contributed by atoms with Crippen molar-refractivity contribution in [1.29, 1.82) is 0 Å². The van der Waals surface area contributed by atoms with E-state index in [4.69, 9.17) is 0 Å². The maximum absolute atomic E-state index is 12.8. The van der Waals surface area contributed by atoms with Gasteiger partial charge in [0.1, 0.15) is 10.8 Å². The van der Waals surface area contributed by atoms with Crippen molar-refractivity contribution < 1.29 is 9.18 Å². The van der Waals surface area contributed by atoms with Crippen LogP contribution in [0, 0.1) is 11.7 Å². The smallest absolute Gasteiger partial charge is 0.222 e. The second kappa shape index (κ2) is 7.84. The van der Waals surface area contributed by atoms with E-state index in [0.717, 1.165) is 15.7 Å². The summed E-state index contributed by atoms with van der Waals surface area (Å²) >= 11 is 1.46. The van der Waals surface area contributed by atoms with Crippen LogP contribution < -0.4 is 10.6 Å². The van der Waals surface area contributed by atoms with E-state index in [-0.39, 0.29) is 17.6 Å². The highest BCUT2D eigenvalue weighted by atomic mass is 32.1. The second-order valence-electron chi connectivity index (χ2n) is 5.18. The average molecular weight is 322 g/mol. The van der Waals surface area contributed by atoms with E-state index in [0.29, 0.717) is 19.5 Å². The molecule has 0 radical (unpaired) electrons. The van der Waals surface area contributed by atoms with Gasteiger partial charge >= 0.3 is 0 Å². The Morgan fingerprint density at radius 3 is 2.64 bits per heavy atom. The van der Waals surface area contributed by atoms with Crippen molar-refractivity contribution in [2.75, 3.05) is 18.4 Å². The molecule has 0 aliphatic heterocycles. The van der Waals surface area contributed by atoms with Gasteiger partial charge in [0.25, 0.3) is 0 Å². The fraction of sp³-hybridized carbons (Fsp3) is 0.400. The van der Waals surface area contributed by atoms with Crippen LogP contribution in [0.5, 0.6) is 0 Å². The van der Waals surface area contributed by atoms with E-state index < -0.39 is 0 Å². The van der Waals surface area contributed by atoms with Crippen LogP contribution in [0.4, 0.5) is 9.52 Å². The summed E-state index contributed by atoms with van der Waals surface area (Å²) in [5, 5.41) is 15.7. The monoisotopic (exact) mass is 322 g/mol. The molecular weight excluding hydrogens is 303 g/mol. The van der Waals surface area contributed by atoms with E-state index in [1.165, 1.54) is 23.5 Å². The van der Waals surface area contributed by atoms with Crippen molar-refractivity contribution >= 4 is 22.4 Å². The largest absolute Gasteiger partial charge is 0.358 e. The topological polar surface area (TPSA) is 66.9 Å². The number of nitrogens with one attached hydrogen (secondary N) is 2. The summed E-state index contributed by atoms with van der Waals surface area (Å²) < 4.78 is 12.8. The number of rotatable bonds is 7. The summed E-state index contributed by atoms with van der Waals surface area (Å²) in [6.07, 6.45) is 0.629. The van der Waals surface area contributed by atoms with Gasteiger partial charge in [-0.15, -0.1) is 10.2 Å². The molecule has 0 unspecified atom stereocenters. The number of carbonyl (C=O) groups is 1. The van der Waals surface area contributed by atoms with Gasteiger partial charge in [0, 0.05) is 25.4 Å². The number of anilines is 1. The third-order valence-electron chi connectivity index (χ3n) is 2.96. The summed E-state index contributed by atoms with van der Waals surface area (Å²) in [6, 6.07) is 6.36. The summed E-state index contributed by atoms with van der Waals surface area (Å²) in [4.78, 5) is 11.4. The molecule has 0 atom stereocenters. The molecule has 1 heterocycles. The van der Waals surface area contributed by atoms with Gasteiger partial charge in [-0.3, -0.25) is 4.79 Å². The zero-order chi connectivity index (χ0) is 15.9. The van der Waals surface area contributed by atoms with Crippen LogP contribution in [0.1, 0.15) is 24.4 Å². The molecule has 1 aromatic carbocycles. The van der Waals surface area contributed by atoms with Crippen molar-refractivity contribution in [3.8, 4) is 0 Å². The zero-order valence-electron chi connectivity index (χ0n) is 12.6. The van der Waals surface area contributed by atoms with Crippen molar-refractivity contribution in [3.63, 3.8) is 0 Å². The van der Waals surface area contributed by atoms with Gasteiger partial charge in [-0.2, -0.15) is 0 Å². The van der Waals surface area contributed by atoms with Crippen molar-refractivity contribution in [3.05, 3.63) is 40.7 Å². The highest BCUT2D eigenvalue weighted by Crippen LogP contribution is 2.18. The molecule has 2 N–H and O–H groups in total. The van der Waals surface area contributed by atoms with Crippen LogP contribution in [0.15, 0.2) is 24.3 Å². The minimum atomic E-state index is -0.244. The highest BCUT2D eigenvalue weighted by Gasteiger charge is 2.07. The predicted molar refractivity (Wildman–Crippen MR) is 85.5 cm³/mol. The molecule has 0 aliphatic rings. The molecule has 0 saturated heterocycles. The summed E-state index contributed by atoms with van der Waals surface area (Å²) in [5.74, 6) is -0.216. The third-order valence-corrected chi connectivity index (χ3v) is 3.84. The van der Waals surface area contributed by atoms with Gasteiger partial charge in [-0.25, -0.2) is 4.39 Å². The first-order chi connectivity index (χ1) is 10.5. The fourth-order valence-electron chi connectivity index (χ4n) is 1.73. The molecule has 7 heteroatoms. The molecule has 0 bridgehead atoms. The number of halogens is 1. The lowest BCUT2D eigenvalue weighted by molar-refractivity contribution is -0.123. The predicted octanol–water partition coefficient (Wildman–Crippen LogP) is 2.45.